The molecule has 118 valence electrons. The fourth-order valence-electron chi connectivity index (χ4n) is 2.18. The van der Waals surface area contributed by atoms with Crippen LogP contribution in [0, 0.1) is 5.82 Å². The van der Waals surface area contributed by atoms with Crippen molar-refractivity contribution in [2.45, 2.75) is 12.6 Å². The van der Waals surface area contributed by atoms with Crippen LogP contribution in [0.2, 0.25) is 0 Å². The number of hydrogen-bond acceptors (Lipinski definition) is 2. The van der Waals surface area contributed by atoms with Gasteiger partial charge in [-0.05, 0) is 23.8 Å². The summed E-state index contributed by atoms with van der Waals surface area (Å²) in [5.74, 6) is -0.316. The molecule has 0 aliphatic carbocycles. The van der Waals surface area contributed by atoms with Crippen LogP contribution >= 0.6 is 11.3 Å². The van der Waals surface area contributed by atoms with Crippen LogP contribution in [0.3, 0.4) is 0 Å². The average molecular weight is 337 g/mol. The number of hydrogen-bond donors (Lipinski definition) is 0. The molecule has 0 unspecified atom stereocenters. The molecule has 3 aromatic rings. The second-order valence-corrected chi connectivity index (χ2v) is 5.92. The predicted octanol–water partition coefficient (Wildman–Crippen LogP) is 5.56. The van der Waals surface area contributed by atoms with E-state index in [9.17, 15) is 17.6 Å². The van der Waals surface area contributed by atoms with Gasteiger partial charge in [0.15, 0.2) is 0 Å². The quantitative estimate of drug-likeness (QED) is 0.570. The van der Waals surface area contributed by atoms with Crippen LogP contribution in [-0.4, -0.2) is 4.98 Å². The van der Waals surface area contributed by atoms with Gasteiger partial charge in [0.05, 0.1) is 16.3 Å². The van der Waals surface area contributed by atoms with Crippen molar-refractivity contribution in [3.8, 4) is 11.3 Å². The van der Waals surface area contributed by atoms with Crippen LogP contribution in [0.5, 0.6) is 0 Å². The highest BCUT2D eigenvalue weighted by molar-refractivity contribution is 7.10. The largest absolute Gasteiger partial charge is 0.416 e. The number of halogens is 4. The van der Waals surface area contributed by atoms with Crippen LogP contribution in [0.15, 0.2) is 53.9 Å². The molecule has 23 heavy (non-hydrogen) atoms. The standard InChI is InChI=1S/C17H11F4NS/c18-14-7-2-1-4-11(14)9-16-22-15(10-23-16)12-5-3-6-13(8-12)17(19,20)21/h1-8,10H,9H2. The zero-order chi connectivity index (χ0) is 16.4. The SMILES string of the molecule is Fc1ccccc1Cc1nc(-c2cccc(C(F)(F)F)c2)cs1. The fraction of sp³-hybridized carbons (Fsp3) is 0.118. The molecule has 0 radical (unpaired) electrons. The van der Waals surface area contributed by atoms with E-state index in [0.717, 1.165) is 12.1 Å². The molecule has 1 nitrogen and oxygen atoms in total. The van der Waals surface area contributed by atoms with Gasteiger partial charge in [-0.1, -0.05) is 30.3 Å². The Kier molecular flexibility index (Phi) is 4.17. The summed E-state index contributed by atoms with van der Waals surface area (Å²) in [6, 6.07) is 11.4. The molecule has 3 rings (SSSR count). The lowest BCUT2D eigenvalue weighted by molar-refractivity contribution is -0.137. The molecule has 6 heteroatoms. The summed E-state index contributed by atoms with van der Waals surface area (Å²) in [6.07, 6.45) is -4.07. The predicted molar refractivity (Wildman–Crippen MR) is 81.8 cm³/mol. The van der Waals surface area contributed by atoms with Gasteiger partial charge in [0, 0.05) is 17.4 Å². The smallest absolute Gasteiger partial charge is 0.241 e. The Bertz CT molecular complexity index is 823. The van der Waals surface area contributed by atoms with Gasteiger partial charge in [0.2, 0.25) is 0 Å². The Morgan fingerprint density at radius 1 is 1.00 bits per heavy atom. The van der Waals surface area contributed by atoms with Gasteiger partial charge in [0.1, 0.15) is 5.82 Å². The molecule has 0 aliphatic heterocycles. The van der Waals surface area contributed by atoms with Gasteiger partial charge in [-0.25, -0.2) is 9.37 Å². The summed E-state index contributed by atoms with van der Waals surface area (Å²) in [5.41, 5.74) is 0.666. The van der Waals surface area contributed by atoms with Crippen molar-refractivity contribution in [3.05, 3.63) is 75.9 Å². The summed E-state index contributed by atoms with van der Waals surface area (Å²) in [5, 5.41) is 2.34. The average Bonchev–Trinajstić information content (AvgIpc) is 2.98. The summed E-state index contributed by atoms with van der Waals surface area (Å²) < 4.78 is 51.9. The van der Waals surface area contributed by atoms with Gasteiger partial charge in [-0.15, -0.1) is 11.3 Å². The molecule has 0 amide bonds. The van der Waals surface area contributed by atoms with Crippen LogP contribution in [-0.2, 0) is 12.6 Å². The molecule has 0 aliphatic rings. The van der Waals surface area contributed by atoms with E-state index in [2.05, 4.69) is 4.98 Å². The van der Waals surface area contributed by atoms with Crippen molar-refractivity contribution >= 4 is 11.3 Å². The van der Waals surface area contributed by atoms with Gasteiger partial charge >= 0.3 is 6.18 Å². The zero-order valence-electron chi connectivity index (χ0n) is 11.8. The first kappa shape index (κ1) is 15.7. The Balaban J connectivity index is 1.86. The topological polar surface area (TPSA) is 12.9 Å². The molecule has 0 fully saturated rings. The molecule has 2 aromatic carbocycles. The Hall–Kier alpha value is -2.21. The molecule has 0 N–H and O–H groups in total. The second kappa shape index (κ2) is 6.12. The first-order valence-corrected chi connectivity index (χ1v) is 7.67. The lowest BCUT2D eigenvalue weighted by Gasteiger charge is -2.07. The van der Waals surface area contributed by atoms with Gasteiger partial charge in [-0.2, -0.15) is 13.2 Å². The summed E-state index contributed by atoms with van der Waals surface area (Å²) in [6.45, 7) is 0. The third-order valence-electron chi connectivity index (χ3n) is 3.34. The summed E-state index contributed by atoms with van der Waals surface area (Å²) in [7, 11) is 0. The number of thiazole rings is 1. The lowest BCUT2D eigenvalue weighted by Crippen LogP contribution is -2.04. The minimum absolute atomic E-state index is 0.316. The molecule has 0 spiro atoms. The zero-order valence-corrected chi connectivity index (χ0v) is 12.6. The van der Waals surface area contributed by atoms with Crippen LogP contribution in [0.4, 0.5) is 17.6 Å². The third-order valence-corrected chi connectivity index (χ3v) is 4.19. The summed E-state index contributed by atoms with van der Waals surface area (Å²) >= 11 is 1.30. The lowest BCUT2D eigenvalue weighted by atomic mass is 10.1. The second-order valence-electron chi connectivity index (χ2n) is 4.97. The highest BCUT2D eigenvalue weighted by Crippen LogP contribution is 2.32. The molecule has 1 heterocycles. The summed E-state index contributed by atoms with van der Waals surface area (Å²) in [4.78, 5) is 4.32. The first-order chi connectivity index (χ1) is 10.9. The third kappa shape index (κ3) is 3.59. The number of aromatic nitrogens is 1. The van der Waals surface area contributed by atoms with E-state index in [1.54, 1.807) is 29.6 Å². The Morgan fingerprint density at radius 3 is 2.52 bits per heavy atom. The molecule has 0 saturated carbocycles. The van der Waals surface area contributed by atoms with Crippen molar-refractivity contribution in [1.29, 1.82) is 0 Å². The molecule has 0 bridgehead atoms. The molecule has 0 atom stereocenters. The maximum Gasteiger partial charge on any atom is 0.416 e. The molecule has 1 aromatic heterocycles. The van der Waals surface area contributed by atoms with Crippen molar-refractivity contribution < 1.29 is 17.6 Å². The Morgan fingerprint density at radius 2 is 1.78 bits per heavy atom. The van der Waals surface area contributed by atoms with E-state index in [4.69, 9.17) is 0 Å². The van der Waals surface area contributed by atoms with Crippen LogP contribution in [0.1, 0.15) is 16.1 Å². The maximum absolute atomic E-state index is 13.6. The number of alkyl halides is 3. The van der Waals surface area contributed by atoms with Crippen molar-refractivity contribution in [2.75, 3.05) is 0 Å². The number of benzene rings is 2. The van der Waals surface area contributed by atoms with E-state index in [1.165, 1.54) is 23.5 Å². The van der Waals surface area contributed by atoms with E-state index in [1.807, 2.05) is 0 Å². The van der Waals surface area contributed by atoms with E-state index in [-0.39, 0.29) is 5.82 Å². The number of rotatable bonds is 3. The first-order valence-electron chi connectivity index (χ1n) is 6.79. The highest BCUT2D eigenvalue weighted by Gasteiger charge is 2.30. The van der Waals surface area contributed by atoms with E-state index < -0.39 is 11.7 Å². The highest BCUT2D eigenvalue weighted by atomic mass is 32.1. The molecule has 0 saturated heterocycles. The van der Waals surface area contributed by atoms with Gasteiger partial charge in [-0.3, -0.25) is 0 Å². The molecular formula is C17H11F4NS. The monoisotopic (exact) mass is 337 g/mol. The van der Waals surface area contributed by atoms with E-state index in [0.29, 0.717) is 28.2 Å². The van der Waals surface area contributed by atoms with Gasteiger partial charge in [0.25, 0.3) is 0 Å². The normalized spacial score (nSPS) is 11.7. The minimum Gasteiger partial charge on any atom is -0.241 e. The fourth-order valence-corrected chi connectivity index (χ4v) is 3.01. The van der Waals surface area contributed by atoms with Crippen LogP contribution < -0.4 is 0 Å². The van der Waals surface area contributed by atoms with Crippen molar-refractivity contribution in [3.63, 3.8) is 0 Å². The van der Waals surface area contributed by atoms with E-state index >= 15 is 0 Å². The van der Waals surface area contributed by atoms with Crippen LogP contribution in [0.25, 0.3) is 11.3 Å². The van der Waals surface area contributed by atoms with Crippen molar-refractivity contribution in [1.82, 2.24) is 4.98 Å². The molecular weight excluding hydrogens is 326 g/mol. The van der Waals surface area contributed by atoms with Gasteiger partial charge < -0.3 is 0 Å². The Labute approximate surface area is 134 Å². The maximum atomic E-state index is 13.6. The minimum atomic E-state index is -4.39. The number of nitrogens with zero attached hydrogens (tertiary/aromatic N) is 1. The van der Waals surface area contributed by atoms with Crippen molar-refractivity contribution in [2.24, 2.45) is 0 Å².